The molecule has 1 N–H and O–H groups in total. The van der Waals surface area contributed by atoms with Gasteiger partial charge in [-0.25, -0.2) is 4.79 Å². The second kappa shape index (κ2) is 11.5. The Morgan fingerprint density at radius 3 is 2.31 bits per heavy atom. The number of hydrogen-bond acceptors (Lipinski definition) is 6. The van der Waals surface area contributed by atoms with Crippen molar-refractivity contribution in [2.45, 2.75) is 32.1 Å². The first-order chi connectivity index (χ1) is 19.0. The molecule has 1 heterocycles. The fourth-order valence-electron chi connectivity index (χ4n) is 5.46. The number of esters is 1. The van der Waals surface area contributed by atoms with Gasteiger partial charge in [0.1, 0.15) is 5.75 Å². The van der Waals surface area contributed by atoms with E-state index in [1.165, 1.54) is 22.6 Å². The maximum Gasteiger partial charge on any atom is 0.338 e. The minimum absolute atomic E-state index is 0.184. The van der Waals surface area contributed by atoms with Gasteiger partial charge in [0.15, 0.2) is 6.61 Å². The molecule has 5 rings (SSSR count). The summed E-state index contributed by atoms with van der Waals surface area (Å²) in [4.78, 5) is 52.6. The predicted molar refractivity (Wildman–Crippen MR) is 145 cm³/mol. The molecular formula is C31H30N2O6. The number of amides is 3. The number of nitrogens with zero attached hydrogens (tertiary/aromatic N) is 1. The van der Waals surface area contributed by atoms with E-state index in [1.54, 1.807) is 36.4 Å². The molecule has 1 aliphatic heterocycles. The summed E-state index contributed by atoms with van der Waals surface area (Å²) < 4.78 is 10.6. The van der Waals surface area contributed by atoms with Crippen LogP contribution in [0.3, 0.4) is 0 Å². The lowest BCUT2D eigenvalue weighted by Gasteiger charge is -2.28. The van der Waals surface area contributed by atoms with Gasteiger partial charge < -0.3 is 14.8 Å². The van der Waals surface area contributed by atoms with Gasteiger partial charge in [0.25, 0.3) is 5.91 Å². The molecule has 39 heavy (non-hydrogen) atoms. The number of fused-ring (bicyclic) bond motifs is 1. The Labute approximate surface area is 226 Å². The first kappa shape index (κ1) is 26.2. The fraction of sp³-hybridized carbons (Fsp3) is 0.290. The predicted octanol–water partition coefficient (Wildman–Crippen LogP) is 4.95. The van der Waals surface area contributed by atoms with Crippen LogP contribution >= 0.6 is 0 Å². The van der Waals surface area contributed by atoms with Crippen molar-refractivity contribution in [2.24, 2.45) is 11.8 Å². The van der Waals surface area contributed by atoms with E-state index in [2.05, 4.69) is 17.4 Å². The lowest BCUT2D eigenvalue weighted by Crippen LogP contribution is -2.30. The minimum Gasteiger partial charge on any atom is -0.492 e. The van der Waals surface area contributed by atoms with Crippen molar-refractivity contribution in [1.29, 1.82) is 0 Å². The number of carbonyl (C=O) groups is 4. The smallest absolute Gasteiger partial charge is 0.338 e. The summed E-state index contributed by atoms with van der Waals surface area (Å²) >= 11 is 0. The van der Waals surface area contributed by atoms with Crippen LogP contribution in [0.1, 0.15) is 48.0 Å². The van der Waals surface area contributed by atoms with Crippen LogP contribution in [0.15, 0.2) is 78.9 Å². The second-order valence-corrected chi connectivity index (χ2v) is 9.75. The monoisotopic (exact) mass is 526 g/mol. The molecule has 3 amide bonds. The Kier molecular flexibility index (Phi) is 7.72. The van der Waals surface area contributed by atoms with Crippen LogP contribution < -0.4 is 15.0 Å². The molecule has 0 bridgehead atoms. The molecule has 3 aromatic rings. The van der Waals surface area contributed by atoms with Gasteiger partial charge in [-0.2, -0.15) is 0 Å². The number of anilines is 2. The molecule has 2 aliphatic rings. The first-order valence-corrected chi connectivity index (χ1v) is 13.2. The van der Waals surface area contributed by atoms with Crippen LogP contribution in [-0.4, -0.2) is 36.9 Å². The molecule has 3 aromatic carbocycles. The van der Waals surface area contributed by atoms with Gasteiger partial charge in [-0.15, -0.1) is 0 Å². The first-order valence-electron chi connectivity index (χ1n) is 13.2. The maximum atomic E-state index is 13.3. The molecule has 0 aromatic heterocycles. The van der Waals surface area contributed by atoms with Crippen LogP contribution in [0.2, 0.25) is 0 Å². The lowest BCUT2D eigenvalue weighted by atomic mass is 9.73. The molecular weight excluding hydrogens is 496 g/mol. The number of rotatable bonds is 8. The third-order valence-electron chi connectivity index (χ3n) is 7.35. The Balaban J connectivity index is 1.19. The molecule has 200 valence electrons. The van der Waals surface area contributed by atoms with Crippen molar-refractivity contribution in [3.63, 3.8) is 0 Å². The van der Waals surface area contributed by atoms with Crippen molar-refractivity contribution in [3.8, 4) is 5.75 Å². The minimum atomic E-state index is -0.687. The number of ether oxygens (including phenoxy) is 2. The molecule has 8 heteroatoms. The summed E-state index contributed by atoms with van der Waals surface area (Å²) in [7, 11) is 0. The van der Waals surface area contributed by atoms with Crippen LogP contribution in [-0.2, 0) is 19.1 Å². The van der Waals surface area contributed by atoms with Gasteiger partial charge in [0, 0.05) is 0 Å². The summed E-state index contributed by atoms with van der Waals surface area (Å²) in [6.45, 7) is 1.81. The highest BCUT2D eigenvalue weighted by Crippen LogP contribution is 2.45. The molecule has 0 unspecified atom stereocenters. The van der Waals surface area contributed by atoms with E-state index >= 15 is 0 Å². The molecule has 8 nitrogen and oxygen atoms in total. The van der Waals surface area contributed by atoms with Crippen molar-refractivity contribution in [1.82, 2.24) is 0 Å². The van der Waals surface area contributed by atoms with Crippen molar-refractivity contribution in [2.75, 3.05) is 23.4 Å². The maximum absolute atomic E-state index is 13.3. The summed E-state index contributed by atoms with van der Waals surface area (Å²) in [6.07, 6.45) is 2.19. The zero-order valence-corrected chi connectivity index (χ0v) is 21.7. The van der Waals surface area contributed by atoms with E-state index in [9.17, 15) is 19.2 Å². The van der Waals surface area contributed by atoms with Gasteiger partial charge in [0.2, 0.25) is 11.8 Å². The van der Waals surface area contributed by atoms with E-state index in [0.29, 0.717) is 36.6 Å². The summed E-state index contributed by atoms with van der Waals surface area (Å²) in [5, 5.41) is 2.67. The number of para-hydroxylation sites is 2. The van der Waals surface area contributed by atoms with Gasteiger partial charge >= 0.3 is 5.97 Å². The quantitative estimate of drug-likeness (QED) is 0.329. The Morgan fingerprint density at radius 1 is 0.872 bits per heavy atom. The SMILES string of the molecule is CCOc1ccccc1NC(=O)COC(=O)c1ccc(N2C(=O)[C@H]3C[C@H](c4ccccc4)CC[C@H]3C2=O)cc1. The summed E-state index contributed by atoms with van der Waals surface area (Å²) in [5.41, 5.74) is 2.32. The highest BCUT2D eigenvalue weighted by Gasteiger charge is 2.50. The average molecular weight is 527 g/mol. The average Bonchev–Trinajstić information content (AvgIpc) is 3.22. The van der Waals surface area contributed by atoms with Crippen LogP contribution in [0.25, 0.3) is 0 Å². The van der Waals surface area contributed by atoms with E-state index < -0.39 is 18.5 Å². The molecule has 1 aliphatic carbocycles. The number of hydrogen-bond donors (Lipinski definition) is 1. The van der Waals surface area contributed by atoms with E-state index in [0.717, 1.165) is 6.42 Å². The van der Waals surface area contributed by atoms with E-state index in [-0.39, 0.29) is 35.1 Å². The second-order valence-electron chi connectivity index (χ2n) is 9.75. The van der Waals surface area contributed by atoms with Crippen LogP contribution in [0.4, 0.5) is 11.4 Å². The largest absolute Gasteiger partial charge is 0.492 e. The number of carbonyl (C=O) groups excluding carboxylic acids is 4. The number of benzene rings is 3. The topological polar surface area (TPSA) is 102 Å². The Bertz CT molecular complexity index is 1370. The zero-order valence-electron chi connectivity index (χ0n) is 21.7. The third-order valence-corrected chi connectivity index (χ3v) is 7.35. The summed E-state index contributed by atoms with van der Waals surface area (Å²) in [5.74, 6) is -1.44. The molecule has 0 radical (unpaired) electrons. The van der Waals surface area contributed by atoms with E-state index in [1.807, 2.05) is 25.1 Å². The zero-order chi connectivity index (χ0) is 27.4. The van der Waals surface area contributed by atoms with Crippen LogP contribution in [0, 0.1) is 11.8 Å². The molecule has 3 atom stereocenters. The van der Waals surface area contributed by atoms with Gasteiger partial charge in [-0.05, 0) is 74.1 Å². The number of imide groups is 1. The van der Waals surface area contributed by atoms with Crippen molar-refractivity contribution >= 4 is 35.1 Å². The Morgan fingerprint density at radius 2 is 1.56 bits per heavy atom. The molecule has 0 spiro atoms. The van der Waals surface area contributed by atoms with Crippen molar-refractivity contribution < 1.29 is 28.7 Å². The highest BCUT2D eigenvalue weighted by atomic mass is 16.5. The van der Waals surface area contributed by atoms with Gasteiger partial charge in [-0.1, -0.05) is 42.5 Å². The van der Waals surface area contributed by atoms with Crippen LogP contribution in [0.5, 0.6) is 5.75 Å². The number of nitrogens with one attached hydrogen (secondary N) is 1. The summed E-state index contributed by atoms with van der Waals surface area (Å²) in [6, 6.07) is 23.2. The van der Waals surface area contributed by atoms with E-state index in [4.69, 9.17) is 9.47 Å². The standard InChI is InChI=1S/C31H30N2O6/c1-2-38-27-11-7-6-10-26(27)32-28(34)19-39-31(37)21-12-15-23(16-13-21)33-29(35)24-17-14-22(18-25(24)30(33)36)20-8-4-3-5-9-20/h3-13,15-16,22,24-25H,2,14,17-19H2,1H3,(H,32,34)/t22-,24-,25+/m1/s1. The fourth-order valence-corrected chi connectivity index (χ4v) is 5.46. The van der Waals surface area contributed by atoms with Gasteiger partial charge in [-0.3, -0.25) is 19.3 Å². The highest BCUT2D eigenvalue weighted by molar-refractivity contribution is 6.22. The Hall–Kier alpha value is -4.46. The van der Waals surface area contributed by atoms with Gasteiger partial charge in [0.05, 0.1) is 35.4 Å². The molecule has 1 saturated heterocycles. The molecule has 2 fully saturated rings. The van der Waals surface area contributed by atoms with Crippen molar-refractivity contribution in [3.05, 3.63) is 90.0 Å². The third kappa shape index (κ3) is 5.55. The normalized spacial score (nSPS) is 20.3. The molecule has 1 saturated carbocycles. The lowest BCUT2D eigenvalue weighted by molar-refractivity contribution is -0.122.